The van der Waals surface area contributed by atoms with E-state index < -0.39 is 0 Å². The molecule has 2 aliphatic rings. The van der Waals surface area contributed by atoms with Gasteiger partial charge in [-0.2, -0.15) is 0 Å². The van der Waals surface area contributed by atoms with Gasteiger partial charge in [0.2, 0.25) is 0 Å². The molecule has 2 rings (SSSR count). The smallest absolute Gasteiger partial charge is 0.0866 e. The van der Waals surface area contributed by atoms with Crippen molar-refractivity contribution < 1.29 is 21.5 Å². The van der Waals surface area contributed by atoms with Crippen LogP contribution in [-0.4, -0.2) is 31.7 Å². The largest absolute Gasteiger partial charge is 1.00 e. The van der Waals surface area contributed by atoms with E-state index >= 15 is 0 Å². The third kappa shape index (κ3) is 2.29. The molecule has 1 aliphatic carbocycles. The van der Waals surface area contributed by atoms with Crippen LogP contribution in [0, 0.1) is 11.8 Å². The summed E-state index contributed by atoms with van der Waals surface area (Å²) in [4.78, 5) is 0. The van der Waals surface area contributed by atoms with Crippen molar-refractivity contribution in [2.24, 2.45) is 11.8 Å². The third-order valence-electron chi connectivity index (χ3n) is 3.31. The molecule has 0 spiro atoms. The number of hydrogen-bond acceptors (Lipinski definition) is 0. The lowest BCUT2D eigenvalue weighted by molar-refractivity contribution is -0.880. The first-order chi connectivity index (χ1) is 5.99. The first-order valence-corrected chi connectivity index (χ1v) is 5.61. The molecule has 1 nitrogen and oxygen atoms in total. The van der Waals surface area contributed by atoms with Crippen LogP contribution in [0.2, 0.25) is 0 Å². The van der Waals surface area contributed by atoms with E-state index in [9.17, 15) is 0 Å². The Kier molecular flexibility index (Phi) is 3.96. The first kappa shape index (κ1) is 12.8. The summed E-state index contributed by atoms with van der Waals surface area (Å²) in [5.41, 5.74) is 0. The molecule has 0 aromatic rings. The number of likely N-dealkylation sites (tertiary alicyclic amines) is 1. The summed E-state index contributed by atoms with van der Waals surface area (Å²) in [6, 6.07) is 0. The Hall–Kier alpha value is 0.760. The molecule has 1 saturated heterocycles. The molecule has 0 N–H and O–H groups in total. The second-order valence-corrected chi connectivity index (χ2v) is 5.82. The Balaban J connectivity index is 0.000000980. The highest BCUT2D eigenvalue weighted by molar-refractivity contribution is 6.39. The van der Waals surface area contributed by atoms with Crippen molar-refractivity contribution in [3.05, 3.63) is 10.1 Å². The van der Waals surface area contributed by atoms with Crippen LogP contribution in [0.1, 0.15) is 12.8 Å². The lowest BCUT2D eigenvalue weighted by Crippen LogP contribution is -3.00. The van der Waals surface area contributed by atoms with Gasteiger partial charge in [0.15, 0.2) is 0 Å². The number of allylic oxidation sites excluding steroid dienone is 1. The highest BCUT2D eigenvalue weighted by Gasteiger charge is 2.44. The highest BCUT2D eigenvalue weighted by atomic mass is 79.9. The molecule has 0 bridgehead atoms. The van der Waals surface area contributed by atoms with Crippen molar-refractivity contribution >= 4 is 23.2 Å². The average Bonchev–Trinajstić information content (AvgIpc) is 2.34. The summed E-state index contributed by atoms with van der Waals surface area (Å²) < 4.78 is 1.09. The molecule has 0 aromatic heterocycles. The highest BCUT2D eigenvalue weighted by Crippen LogP contribution is 2.44. The van der Waals surface area contributed by atoms with Crippen LogP contribution in [0.4, 0.5) is 0 Å². The number of halogens is 3. The van der Waals surface area contributed by atoms with Crippen molar-refractivity contribution in [1.82, 2.24) is 0 Å². The zero-order chi connectivity index (χ0) is 9.64. The molecule has 0 radical (unpaired) electrons. The second kappa shape index (κ2) is 4.32. The molecule has 4 heteroatoms. The zero-order valence-corrected chi connectivity index (χ0v) is 11.7. The minimum absolute atomic E-state index is 0. The molecule has 1 heterocycles. The fourth-order valence-electron chi connectivity index (χ4n) is 2.73. The Morgan fingerprint density at radius 1 is 1.21 bits per heavy atom. The van der Waals surface area contributed by atoms with Crippen LogP contribution in [0.3, 0.4) is 0 Å². The Bertz CT molecular complexity index is 263. The minimum atomic E-state index is 0. The molecule has 82 valence electrons. The Labute approximate surface area is 106 Å². The number of rotatable bonds is 0. The van der Waals surface area contributed by atoms with Crippen LogP contribution in [0.5, 0.6) is 0 Å². The Morgan fingerprint density at radius 3 is 2.50 bits per heavy atom. The van der Waals surface area contributed by atoms with Crippen LogP contribution in [0.15, 0.2) is 10.1 Å². The maximum absolute atomic E-state index is 6.23. The first-order valence-electron chi connectivity index (χ1n) is 4.86. The second-order valence-electron chi connectivity index (χ2n) is 4.96. The van der Waals surface area contributed by atoms with E-state index in [2.05, 4.69) is 14.1 Å². The summed E-state index contributed by atoms with van der Waals surface area (Å²) >= 11 is 12.3. The normalized spacial score (nSPS) is 35.1. The number of fused-ring (bicyclic) bond motifs is 1. The van der Waals surface area contributed by atoms with E-state index in [1.54, 1.807) is 0 Å². The van der Waals surface area contributed by atoms with Gasteiger partial charge < -0.3 is 21.5 Å². The van der Waals surface area contributed by atoms with Gasteiger partial charge in [0, 0.05) is 16.0 Å². The summed E-state index contributed by atoms with van der Waals surface area (Å²) in [5.74, 6) is 1.31. The molecule has 0 aromatic carbocycles. The molecule has 0 amide bonds. The fraction of sp³-hybridized carbons (Fsp3) is 0.800. The topological polar surface area (TPSA) is 0 Å². The fourth-order valence-corrected chi connectivity index (χ4v) is 3.32. The molecule has 1 aliphatic heterocycles. The van der Waals surface area contributed by atoms with Crippen molar-refractivity contribution in [3.63, 3.8) is 0 Å². The van der Waals surface area contributed by atoms with E-state index in [-0.39, 0.29) is 17.0 Å². The van der Waals surface area contributed by atoms with Gasteiger partial charge in [-0.25, -0.2) is 0 Å². The van der Waals surface area contributed by atoms with Crippen molar-refractivity contribution in [2.75, 3.05) is 27.2 Å². The maximum atomic E-state index is 6.23. The minimum Gasteiger partial charge on any atom is -1.00 e. The van der Waals surface area contributed by atoms with E-state index in [0.717, 1.165) is 33.4 Å². The molecule has 2 atom stereocenters. The Morgan fingerprint density at radius 2 is 1.86 bits per heavy atom. The van der Waals surface area contributed by atoms with Crippen LogP contribution in [0.25, 0.3) is 0 Å². The average molecular weight is 301 g/mol. The van der Waals surface area contributed by atoms with Gasteiger partial charge >= 0.3 is 0 Å². The molecular formula is C10H16BrCl2N. The standard InChI is InChI=1S/C10H16Cl2N.BrH/c1-13(2)5-7-3-4-9(11)10(12)8(7)6-13;/h7-8H,3-6H2,1-2H3;1H/q+1;/p-1. The van der Waals surface area contributed by atoms with E-state index in [1.165, 1.54) is 13.0 Å². The predicted octanol–water partition coefficient (Wildman–Crippen LogP) is -0.204. The molecule has 14 heavy (non-hydrogen) atoms. The van der Waals surface area contributed by atoms with E-state index in [4.69, 9.17) is 23.2 Å². The van der Waals surface area contributed by atoms with Gasteiger partial charge in [0.05, 0.1) is 33.1 Å². The molecule has 2 unspecified atom stereocenters. The quantitative estimate of drug-likeness (QED) is 0.544. The third-order valence-corrected chi connectivity index (χ3v) is 4.31. The lowest BCUT2D eigenvalue weighted by atomic mass is 9.86. The maximum Gasteiger partial charge on any atom is 0.0866 e. The lowest BCUT2D eigenvalue weighted by Gasteiger charge is -2.23. The molecule has 1 fully saturated rings. The van der Waals surface area contributed by atoms with Gasteiger partial charge in [0.25, 0.3) is 0 Å². The summed E-state index contributed by atoms with van der Waals surface area (Å²) in [6.07, 6.45) is 2.21. The van der Waals surface area contributed by atoms with Crippen LogP contribution >= 0.6 is 23.2 Å². The SMILES string of the molecule is C[N+]1(C)CC2CCC(Cl)=C(Cl)C2C1.[Br-]. The predicted molar refractivity (Wildman–Crippen MR) is 56.8 cm³/mol. The van der Waals surface area contributed by atoms with Crippen LogP contribution < -0.4 is 17.0 Å². The van der Waals surface area contributed by atoms with Gasteiger partial charge in [-0.05, 0) is 12.8 Å². The summed E-state index contributed by atoms with van der Waals surface area (Å²) in [5, 5.41) is 1.85. The van der Waals surface area contributed by atoms with Crippen LogP contribution in [-0.2, 0) is 0 Å². The monoisotopic (exact) mass is 299 g/mol. The van der Waals surface area contributed by atoms with Gasteiger partial charge in [0.1, 0.15) is 0 Å². The van der Waals surface area contributed by atoms with E-state index in [1.807, 2.05) is 0 Å². The van der Waals surface area contributed by atoms with Gasteiger partial charge in [-0.15, -0.1) is 0 Å². The molecule has 0 saturated carbocycles. The van der Waals surface area contributed by atoms with Crippen molar-refractivity contribution in [3.8, 4) is 0 Å². The number of quaternary nitrogens is 1. The number of nitrogens with zero attached hydrogens (tertiary/aromatic N) is 1. The molecular weight excluding hydrogens is 285 g/mol. The van der Waals surface area contributed by atoms with E-state index in [0.29, 0.717) is 5.92 Å². The zero-order valence-electron chi connectivity index (χ0n) is 8.56. The van der Waals surface area contributed by atoms with Crippen molar-refractivity contribution in [2.45, 2.75) is 12.8 Å². The summed E-state index contributed by atoms with van der Waals surface area (Å²) in [6.45, 7) is 2.41. The van der Waals surface area contributed by atoms with Crippen molar-refractivity contribution in [1.29, 1.82) is 0 Å². The summed E-state index contributed by atoms with van der Waals surface area (Å²) in [7, 11) is 4.55. The van der Waals surface area contributed by atoms with Gasteiger partial charge in [-0.1, -0.05) is 23.2 Å². The van der Waals surface area contributed by atoms with Gasteiger partial charge in [-0.3, -0.25) is 0 Å². The number of hydrogen-bond donors (Lipinski definition) is 0.